The fourth-order valence-corrected chi connectivity index (χ4v) is 3.27. The lowest BCUT2D eigenvalue weighted by molar-refractivity contribution is -0.146. The van der Waals surface area contributed by atoms with Gasteiger partial charge < -0.3 is 14.7 Å². The first kappa shape index (κ1) is 15.8. The zero-order chi connectivity index (χ0) is 16.4. The number of hydrogen-bond donors (Lipinski definition) is 0. The Labute approximate surface area is 137 Å². The Bertz CT molecular complexity index is 577. The largest absolute Gasteiger partial charge is 0.365 e. The average molecular weight is 316 g/mol. The zero-order valence-corrected chi connectivity index (χ0v) is 13.8. The summed E-state index contributed by atoms with van der Waals surface area (Å²) >= 11 is 0. The van der Waals surface area contributed by atoms with Crippen LogP contribution in [0.4, 0.5) is 5.69 Å². The van der Waals surface area contributed by atoms with Crippen molar-refractivity contribution in [3.05, 3.63) is 30.3 Å². The lowest BCUT2D eigenvalue weighted by Gasteiger charge is -2.45. The Morgan fingerprint density at radius 2 is 1.87 bits per heavy atom. The third-order valence-corrected chi connectivity index (χ3v) is 4.80. The Morgan fingerprint density at radius 1 is 1.17 bits per heavy atom. The number of fused-ring (bicyclic) bond motifs is 1. The third kappa shape index (κ3) is 3.32. The van der Waals surface area contributed by atoms with Gasteiger partial charge in [-0.2, -0.15) is 0 Å². The van der Waals surface area contributed by atoms with Crippen LogP contribution < -0.4 is 4.90 Å². The van der Waals surface area contributed by atoms with Gasteiger partial charge in [0.1, 0.15) is 6.04 Å². The number of likely N-dealkylation sites (N-methyl/N-ethyl adjacent to an activating group) is 2. The zero-order valence-electron chi connectivity index (χ0n) is 13.8. The van der Waals surface area contributed by atoms with Crippen LogP contribution in [0.25, 0.3) is 0 Å². The van der Waals surface area contributed by atoms with Gasteiger partial charge in [-0.1, -0.05) is 18.2 Å². The number of rotatable bonds is 3. The summed E-state index contributed by atoms with van der Waals surface area (Å²) in [5.41, 5.74) is 1.02. The molecule has 3 rings (SSSR count). The molecule has 1 aromatic carbocycles. The molecule has 2 aliphatic rings. The number of carbonyl (C=O) groups is 2. The molecule has 23 heavy (non-hydrogen) atoms. The molecule has 2 saturated heterocycles. The third-order valence-electron chi connectivity index (χ3n) is 4.80. The SMILES string of the molecule is CN1CCN2CCN(C(=O)CN(C)c3ccccc3)C[C@H]2C1=O. The molecule has 0 aromatic heterocycles. The Kier molecular flexibility index (Phi) is 4.52. The number of piperazine rings is 2. The van der Waals surface area contributed by atoms with E-state index in [2.05, 4.69) is 4.90 Å². The van der Waals surface area contributed by atoms with Crippen LogP contribution in [0.5, 0.6) is 0 Å². The molecular weight excluding hydrogens is 292 g/mol. The first-order valence-electron chi connectivity index (χ1n) is 8.09. The number of nitrogens with zero attached hydrogens (tertiary/aromatic N) is 4. The molecule has 0 radical (unpaired) electrons. The van der Waals surface area contributed by atoms with Crippen LogP contribution in [0.2, 0.25) is 0 Å². The minimum atomic E-state index is -0.173. The normalized spacial score (nSPS) is 22.0. The van der Waals surface area contributed by atoms with Gasteiger partial charge in [0, 0.05) is 52.5 Å². The predicted octanol–water partition coefficient (Wildman–Crippen LogP) is 0.108. The molecule has 0 aliphatic carbocycles. The van der Waals surface area contributed by atoms with Crippen molar-refractivity contribution in [3.8, 4) is 0 Å². The second-order valence-corrected chi connectivity index (χ2v) is 6.34. The summed E-state index contributed by atoms with van der Waals surface area (Å²) < 4.78 is 0. The van der Waals surface area contributed by atoms with E-state index >= 15 is 0 Å². The van der Waals surface area contributed by atoms with Crippen molar-refractivity contribution in [1.82, 2.24) is 14.7 Å². The molecule has 0 unspecified atom stereocenters. The van der Waals surface area contributed by atoms with Crippen LogP contribution in [-0.4, -0.2) is 85.9 Å². The summed E-state index contributed by atoms with van der Waals surface area (Å²) in [5, 5.41) is 0. The van der Waals surface area contributed by atoms with Crippen molar-refractivity contribution in [2.75, 3.05) is 58.3 Å². The van der Waals surface area contributed by atoms with E-state index < -0.39 is 0 Å². The molecule has 2 fully saturated rings. The van der Waals surface area contributed by atoms with Crippen molar-refractivity contribution in [2.45, 2.75) is 6.04 Å². The van der Waals surface area contributed by atoms with Gasteiger partial charge in [-0.3, -0.25) is 14.5 Å². The average Bonchev–Trinajstić information content (AvgIpc) is 2.58. The number of anilines is 1. The van der Waals surface area contributed by atoms with E-state index in [0.29, 0.717) is 19.6 Å². The Morgan fingerprint density at radius 3 is 2.61 bits per heavy atom. The van der Waals surface area contributed by atoms with E-state index in [0.717, 1.165) is 25.3 Å². The maximum Gasteiger partial charge on any atom is 0.242 e. The van der Waals surface area contributed by atoms with Gasteiger partial charge in [-0.05, 0) is 12.1 Å². The lowest BCUT2D eigenvalue weighted by Crippen LogP contribution is -2.65. The summed E-state index contributed by atoms with van der Waals surface area (Å²) in [5.74, 6) is 0.210. The lowest BCUT2D eigenvalue weighted by atomic mass is 10.1. The smallest absolute Gasteiger partial charge is 0.242 e. The Balaban J connectivity index is 1.61. The summed E-state index contributed by atoms with van der Waals surface area (Å²) in [6.45, 7) is 4.00. The van der Waals surface area contributed by atoms with Gasteiger partial charge in [0.25, 0.3) is 0 Å². The van der Waals surface area contributed by atoms with Crippen molar-refractivity contribution in [3.63, 3.8) is 0 Å². The highest BCUT2D eigenvalue weighted by atomic mass is 16.2. The maximum absolute atomic E-state index is 12.6. The molecule has 0 saturated carbocycles. The van der Waals surface area contributed by atoms with Crippen LogP contribution in [0, 0.1) is 0 Å². The van der Waals surface area contributed by atoms with Crippen LogP contribution >= 0.6 is 0 Å². The molecule has 1 atom stereocenters. The van der Waals surface area contributed by atoms with E-state index in [1.165, 1.54) is 0 Å². The highest BCUT2D eigenvalue weighted by Gasteiger charge is 2.38. The molecular formula is C17H24N4O2. The van der Waals surface area contributed by atoms with E-state index in [1.54, 1.807) is 4.90 Å². The van der Waals surface area contributed by atoms with Crippen molar-refractivity contribution >= 4 is 17.5 Å². The first-order chi connectivity index (χ1) is 11.1. The predicted molar refractivity (Wildman–Crippen MR) is 89.3 cm³/mol. The van der Waals surface area contributed by atoms with Crippen LogP contribution in [-0.2, 0) is 9.59 Å². The molecule has 0 N–H and O–H groups in total. The molecule has 2 aliphatic heterocycles. The van der Waals surface area contributed by atoms with Gasteiger partial charge in [0.05, 0.1) is 6.54 Å². The number of hydrogen-bond acceptors (Lipinski definition) is 4. The second-order valence-electron chi connectivity index (χ2n) is 6.34. The van der Waals surface area contributed by atoms with Gasteiger partial charge in [0.2, 0.25) is 11.8 Å². The molecule has 6 nitrogen and oxygen atoms in total. The summed E-state index contributed by atoms with van der Waals surface area (Å²) in [7, 11) is 3.76. The fourth-order valence-electron chi connectivity index (χ4n) is 3.27. The number of carbonyl (C=O) groups excluding carboxylic acids is 2. The summed E-state index contributed by atoms with van der Waals surface area (Å²) in [6, 6.07) is 9.70. The van der Waals surface area contributed by atoms with E-state index in [1.807, 2.05) is 54.2 Å². The van der Waals surface area contributed by atoms with Crippen LogP contribution in [0.3, 0.4) is 0 Å². The number of benzene rings is 1. The molecule has 124 valence electrons. The van der Waals surface area contributed by atoms with Gasteiger partial charge in [-0.25, -0.2) is 0 Å². The first-order valence-corrected chi connectivity index (χ1v) is 8.09. The highest BCUT2D eigenvalue weighted by molar-refractivity contribution is 5.85. The molecule has 0 bridgehead atoms. The highest BCUT2D eigenvalue weighted by Crippen LogP contribution is 2.17. The Hall–Kier alpha value is -2.08. The standard InChI is InChI=1S/C17H24N4O2/c1-18-8-9-20-10-11-21(12-15(20)17(18)23)16(22)13-19(2)14-6-4-3-5-7-14/h3-7,15H,8-13H2,1-2H3/t15-/m0/s1. The second kappa shape index (κ2) is 6.58. The fraction of sp³-hybridized carbons (Fsp3) is 0.529. The minimum Gasteiger partial charge on any atom is -0.365 e. The number of para-hydroxylation sites is 1. The topological polar surface area (TPSA) is 47.1 Å². The van der Waals surface area contributed by atoms with Gasteiger partial charge in [0.15, 0.2) is 0 Å². The number of amides is 2. The summed E-state index contributed by atoms with van der Waals surface area (Å²) in [4.78, 5) is 32.6. The van der Waals surface area contributed by atoms with E-state index in [4.69, 9.17) is 0 Å². The monoisotopic (exact) mass is 316 g/mol. The molecule has 1 aromatic rings. The van der Waals surface area contributed by atoms with Crippen LogP contribution in [0.15, 0.2) is 30.3 Å². The van der Waals surface area contributed by atoms with Gasteiger partial charge >= 0.3 is 0 Å². The summed E-state index contributed by atoms with van der Waals surface area (Å²) in [6.07, 6.45) is 0. The molecule has 0 spiro atoms. The van der Waals surface area contributed by atoms with E-state index in [-0.39, 0.29) is 17.9 Å². The van der Waals surface area contributed by atoms with E-state index in [9.17, 15) is 9.59 Å². The quantitative estimate of drug-likeness (QED) is 0.794. The molecule has 2 amide bonds. The molecule has 2 heterocycles. The van der Waals surface area contributed by atoms with Gasteiger partial charge in [-0.15, -0.1) is 0 Å². The van der Waals surface area contributed by atoms with Crippen molar-refractivity contribution in [2.24, 2.45) is 0 Å². The minimum absolute atomic E-state index is 0.0806. The molecule has 6 heteroatoms. The van der Waals surface area contributed by atoms with Crippen LogP contribution in [0.1, 0.15) is 0 Å². The maximum atomic E-state index is 12.6. The van der Waals surface area contributed by atoms with Crippen molar-refractivity contribution in [1.29, 1.82) is 0 Å². The van der Waals surface area contributed by atoms with Crippen molar-refractivity contribution < 1.29 is 9.59 Å².